The molecule has 39 heavy (non-hydrogen) atoms. The van der Waals surface area contributed by atoms with Crippen LogP contribution in [0.15, 0.2) is 54.9 Å². The van der Waals surface area contributed by atoms with E-state index in [0.29, 0.717) is 19.0 Å². The SMILES string of the molecule is C[C@@H]1CN(c2nc(NN)nc3c2ncn3CCN(C)C)[C@@H](C)CN1C(c1ccc(F)cc1)c1ccc(F)cc1. The quantitative estimate of drug-likeness (QED) is 0.261. The lowest BCUT2D eigenvalue weighted by Gasteiger charge is -2.48. The number of fused-ring (bicyclic) bond motifs is 1. The molecule has 0 amide bonds. The predicted octanol–water partition coefficient (Wildman–Crippen LogP) is 3.64. The molecule has 3 N–H and O–H groups in total. The number of anilines is 2. The van der Waals surface area contributed by atoms with Crippen LogP contribution in [0.1, 0.15) is 31.0 Å². The third-order valence-electron chi connectivity index (χ3n) is 7.37. The first kappa shape index (κ1) is 26.9. The van der Waals surface area contributed by atoms with Crippen molar-refractivity contribution in [3.05, 3.63) is 77.6 Å². The smallest absolute Gasteiger partial charge is 0.241 e. The Morgan fingerprint density at radius 1 is 0.949 bits per heavy atom. The first-order valence-electron chi connectivity index (χ1n) is 13.1. The molecule has 206 valence electrons. The monoisotopic (exact) mass is 535 g/mol. The van der Waals surface area contributed by atoms with E-state index in [1.54, 1.807) is 30.6 Å². The molecule has 0 saturated carbocycles. The van der Waals surface area contributed by atoms with Crippen molar-refractivity contribution in [2.75, 3.05) is 44.1 Å². The Bertz CT molecular complexity index is 1360. The first-order valence-corrected chi connectivity index (χ1v) is 13.1. The van der Waals surface area contributed by atoms with Crippen molar-refractivity contribution < 1.29 is 8.78 Å². The lowest BCUT2D eigenvalue weighted by Crippen LogP contribution is -2.57. The molecule has 0 aliphatic carbocycles. The van der Waals surface area contributed by atoms with Gasteiger partial charge in [-0.05, 0) is 63.3 Å². The Morgan fingerprint density at radius 3 is 2.13 bits per heavy atom. The summed E-state index contributed by atoms with van der Waals surface area (Å²) in [6, 6.07) is 13.1. The van der Waals surface area contributed by atoms with Gasteiger partial charge in [-0.2, -0.15) is 9.97 Å². The van der Waals surface area contributed by atoms with Crippen molar-refractivity contribution in [2.24, 2.45) is 5.84 Å². The molecular formula is C28H35F2N9. The normalized spacial score (nSPS) is 18.4. The van der Waals surface area contributed by atoms with Crippen molar-refractivity contribution >= 4 is 22.9 Å². The summed E-state index contributed by atoms with van der Waals surface area (Å²) in [6.45, 7) is 7.25. The molecule has 2 atom stereocenters. The van der Waals surface area contributed by atoms with E-state index in [4.69, 9.17) is 15.8 Å². The molecule has 2 aromatic heterocycles. The highest BCUT2D eigenvalue weighted by molar-refractivity contribution is 5.85. The van der Waals surface area contributed by atoms with Crippen LogP contribution in [-0.4, -0.2) is 75.1 Å². The molecule has 11 heteroatoms. The van der Waals surface area contributed by atoms with Gasteiger partial charge in [0, 0.05) is 38.3 Å². The number of hydrogen-bond donors (Lipinski definition) is 2. The van der Waals surface area contributed by atoms with E-state index < -0.39 is 0 Å². The first-order chi connectivity index (χ1) is 18.7. The summed E-state index contributed by atoms with van der Waals surface area (Å²) in [7, 11) is 4.06. The predicted molar refractivity (Wildman–Crippen MR) is 149 cm³/mol. The Labute approximate surface area is 227 Å². The number of aromatic nitrogens is 4. The van der Waals surface area contributed by atoms with Crippen molar-refractivity contribution in [1.82, 2.24) is 29.3 Å². The van der Waals surface area contributed by atoms with Gasteiger partial charge in [0.25, 0.3) is 0 Å². The van der Waals surface area contributed by atoms with Crippen LogP contribution in [0.2, 0.25) is 0 Å². The maximum Gasteiger partial charge on any atom is 0.241 e. The number of hydrogen-bond acceptors (Lipinski definition) is 8. The van der Waals surface area contributed by atoms with Crippen molar-refractivity contribution in [2.45, 2.75) is 38.5 Å². The van der Waals surface area contributed by atoms with Crippen LogP contribution in [0.4, 0.5) is 20.5 Å². The zero-order valence-corrected chi connectivity index (χ0v) is 22.7. The van der Waals surface area contributed by atoms with Gasteiger partial charge in [0.1, 0.15) is 11.6 Å². The fraction of sp³-hybridized carbons (Fsp3) is 0.393. The molecule has 0 radical (unpaired) electrons. The molecule has 5 rings (SSSR count). The highest BCUT2D eigenvalue weighted by Gasteiger charge is 2.36. The number of halogens is 2. The van der Waals surface area contributed by atoms with Crippen LogP contribution in [0, 0.1) is 11.6 Å². The van der Waals surface area contributed by atoms with E-state index in [9.17, 15) is 8.78 Å². The van der Waals surface area contributed by atoms with Crippen LogP contribution in [0.3, 0.4) is 0 Å². The maximum atomic E-state index is 13.8. The van der Waals surface area contributed by atoms with E-state index in [1.165, 1.54) is 24.3 Å². The van der Waals surface area contributed by atoms with Crippen LogP contribution in [0.5, 0.6) is 0 Å². The largest absolute Gasteiger partial charge is 0.349 e. The van der Waals surface area contributed by atoms with Crippen LogP contribution >= 0.6 is 0 Å². The molecule has 9 nitrogen and oxygen atoms in total. The molecular weight excluding hydrogens is 500 g/mol. The molecule has 0 spiro atoms. The molecule has 3 heterocycles. The highest BCUT2D eigenvalue weighted by Crippen LogP contribution is 2.36. The molecule has 1 aliphatic rings. The maximum absolute atomic E-state index is 13.8. The van der Waals surface area contributed by atoms with Gasteiger partial charge in [-0.25, -0.2) is 19.6 Å². The van der Waals surface area contributed by atoms with Crippen molar-refractivity contribution in [3.8, 4) is 0 Å². The van der Waals surface area contributed by atoms with Gasteiger partial charge in [-0.15, -0.1) is 0 Å². The van der Waals surface area contributed by atoms with E-state index in [-0.39, 0.29) is 29.8 Å². The number of benzene rings is 2. The number of hydrazine groups is 1. The van der Waals surface area contributed by atoms with Gasteiger partial charge in [-0.3, -0.25) is 10.3 Å². The van der Waals surface area contributed by atoms with E-state index in [0.717, 1.165) is 41.2 Å². The summed E-state index contributed by atoms with van der Waals surface area (Å²) in [4.78, 5) is 20.8. The Hall–Kier alpha value is -3.67. The third kappa shape index (κ3) is 5.56. The Balaban J connectivity index is 1.49. The standard InChI is InChI=1S/C28H35F2N9/c1-18-16-39(27-24-26(33-28(34-27)35-31)37(17-32-24)14-13-36(3)4)19(2)15-38(18)25(20-5-9-22(29)10-6-20)21-7-11-23(30)12-8-21/h5-12,17-19,25H,13-16,31H2,1-4H3,(H,33,34,35)/t18-,19+/m1/s1. The van der Waals surface area contributed by atoms with Gasteiger partial charge >= 0.3 is 0 Å². The molecule has 1 fully saturated rings. The topological polar surface area (TPSA) is 91.4 Å². The van der Waals surface area contributed by atoms with Crippen LogP contribution in [-0.2, 0) is 6.54 Å². The average molecular weight is 536 g/mol. The molecule has 0 bridgehead atoms. The van der Waals surface area contributed by atoms with Gasteiger partial charge in [-0.1, -0.05) is 24.3 Å². The second kappa shape index (κ2) is 11.2. The van der Waals surface area contributed by atoms with E-state index in [2.05, 4.69) is 39.0 Å². The average Bonchev–Trinajstić information content (AvgIpc) is 3.34. The zero-order valence-electron chi connectivity index (χ0n) is 22.7. The molecule has 0 unspecified atom stereocenters. The number of likely N-dealkylation sites (N-methyl/N-ethyl adjacent to an activating group) is 1. The molecule has 1 aliphatic heterocycles. The van der Waals surface area contributed by atoms with Crippen LogP contribution in [0.25, 0.3) is 11.2 Å². The van der Waals surface area contributed by atoms with E-state index >= 15 is 0 Å². The molecule has 2 aromatic carbocycles. The van der Waals surface area contributed by atoms with Gasteiger partial charge in [0.05, 0.1) is 12.4 Å². The Kier molecular flexibility index (Phi) is 7.74. The minimum Gasteiger partial charge on any atom is -0.349 e. The van der Waals surface area contributed by atoms with Crippen LogP contribution < -0.4 is 16.2 Å². The number of rotatable bonds is 8. The minimum absolute atomic E-state index is 0.0558. The fourth-order valence-electron chi connectivity index (χ4n) is 5.34. The molecule has 4 aromatic rings. The number of nitrogens with two attached hydrogens (primary N) is 1. The second-order valence-corrected chi connectivity index (χ2v) is 10.5. The summed E-state index contributed by atoms with van der Waals surface area (Å²) in [5.41, 5.74) is 5.98. The number of nitrogens with one attached hydrogen (secondary N) is 1. The second-order valence-electron chi connectivity index (χ2n) is 10.5. The third-order valence-corrected chi connectivity index (χ3v) is 7.37. The summed E-state index contributed by atoms with van der Waals surface area (Å²) in [6.07, 6.45) is 1.80. The number of piperazine rings is 1. The molecule has 1 saturated heterocycles. The summed E-state index contributed by atoms with van der Waals surface area (Å²) in [5, 5.41) is 0. The van der Waals surface area contributed by atoms with Gasteiger partial charge < -0.3 is 14.4 Å². The highest BCUT2D eigenvalue weighted by atomic mass is 19.1. The summed E-state index contributed by atoms with van der Waals surface area (Å²) in [5.74, 6) is 6.25. The number of imidazole rings is 1. The van der Waals surface area contributed by atoms with Gasteiger partial charge in [0.15, 0.2) is 17.0 Å². The van der Waals surface area contributed by atoms with E-state index in [1.807, 2.05) is 18.7 Å². The summed E-state index contributed by atoms with van der Waals surface area (Å²) < 4.78 is 29.6. The minimum atomic E-state index is -0.287. The lowest BCUT2D eigenvalue weighted by atomic mass is 9.93. The fourth-order valence-corrected chi connectivity index (χ4v) is 5.34. The van der Waals surface area contributed by atoms with Crippen molar-refractivity contribution in [1.29, 1.82) is 0 Å². The Morgan fingerprint density at radius 2 is 1.56 bits per heavy atom. The zero-order chi connectivity index (χ0) is 27.7. The van der Waals surface area contributed by atoms with Gasteiger partial charge in [0.2, 0.25) is 5.95 Å². The number of nitrogen functional groups attached to an aromatic ring is 1. The number of nitrogens with zero attached hydrogens (tertiary/aromatic N) is 7. The lowest BCUT2D eigenvalue weighted by molar-refractivity contribution is 0.129. The summed E-state index contributed by atoms with van der Waals surface area (Å²) >= 11 is 0. The van der Waals surface area contributed by atoms with Crippen molar-refractivity contribution in [3.63, 3.8) is 0 Å².